The molecular formula is C46H40O4PS+. The van der Waals surface area contributed by atoms with Crippen LogP contribution in [-0.4, -0.2) is 13.5 Å². The predicted molar refractivity (Wildman–Crippen MR) is 214 cm³/mol. The zero-order chi connectivity index (χ0) is 36.2. The van der Waals surface area contributed by atoms with Crippen molar-refractivity contribution < 1.29 is 18.3 Å². The molecule has 7 aromatic rings. The summed E-state index contributed by atoms with van der Waals surface area (Å²) < 4.78 is 33.4. The van der Waals surface area contributed by atoms with Crippen LogP contribution in [0.15, 0.2) is 198 Å². The highest BCUT2D eigenvalue weighted by Gasteiger charge is 2.46. The summed E-state index contributed by atoms with van der Waals surface area (Å²) in [7, 11) is -5.98. The van der Waals surface area contributed by atoms with Crippen LogP contribution in [0.3, 0.4) is 0 Å². The van der Waals surface area contributed by atoms with E-state index in [-0.39, 0.29) is 21.0 Å². The van der Waals surface area contributed by atoms with Crippen molar-refractivity contribution in [1.82, 2.24) is 0 Å². The molecule has 0 saturated heterocycles. The van der Waals surface area contributed by atoms with Gasteiger partial charge in [0.25, 0.3) is 0 Å². The highest BCUT2D eigenvalue weighted by atomic mass is 32.2. The number of ether oxygens (including phenoxy) is 1. The summed E-state index contributed by atoms with van der Waals surface area (Å²) in [6.45, 7) is 4.39. The van der Waals surface area contributed by atoms with E-state index in [9.17, 15) is 13.5 Å². The Hall–Kier alpha value is -5.48. The monoisotopic (exact) mass is 719 g/mol. The normalized spacial score (nSPS) is 12.0. The average Bonchev–Trinajstić information content (AvgIpc) is 3.19. The summed E-state index contributed by atoms with van der Waals surface area (Å²) in [4.78, 5) is 0.459. The first-order valence-electron chi connectivity index (χ1n) is 17.2. The molecule has 7 aromatic carbocycles. The molecular weight excluding hydrogens is 680 g/mol. The Morgan fingerprint density at radius 1 is 0.538 bits per heavy atom. The van der Waals surface area contributed by atoms with Crippen LogP contribution in [0, 0.1) is 0 Å². The molecule has 0 radical (unpaired) electrons. The molecule has 258 valence electrons. The summed E-state index contributed by atoms with van der Waals surface area (Å²) in [6, 6.07) is 61.2. The summed E-state index contributed by atoms with van der Waals surface area (Å²) in [5.41, 5.74) is 2.84. The third-order valence-corrected chi connectivity index (χ3v) is 15.9. The molecule has 52 heavy (non-hydrogen) atoms. The van der Waals surface area contributed by atoms with E-state index in [2.05, 4.69) is 117 Å². The van der Waals surface area contributed by atoms with Gasteiger partial charge >= 0.3 is 0 Å². The topological polar surface area (TPSA) is 63.6 Å². The van der Waals surface area contributed by atoms with E-state index in [1.807, 2.05) is 18.2 Å². The molecule has 0 aliphatic heterocycles. The van der Waals surface area contributed by atoms with Gasteiger partial charge in [0, 0.05) is 11.0 Å². The first-order chi connectivity index (χ1) is 25.2. The number of phenolic OH excluding ortho intramolecular Hbond substituents is 1. The van der Waals surface area contributed by atoms with Crippen molar-refractivity contribution in [3.8, 4) is 17.2 Å². The third kappa shape index (κ3) is 6.90. The van der Waals surface area contributed by atoms with Crippen LogP contribution in [0.25, 0.3) is 0 Å². The van der Waals surface area contributed by atoms with Gasteiger partial charge < -0.3 is 9.84 Å². The quantitative estimate of drug-likeness (QED) is 0.135. The highest BCUT2D eigenvalue weighted by molar-refractivity contribution is 7.95. The Bertz CT molecular complexity index is 2270. The summed E-state index contributed by atoms with van der Waals surface area (Å²) in [5, 5.41) is 13.8. The lowest BCUT2D eigenvalue weighted by molar-refractivity contribution is 0.474. The van der Waals surface area contributed by atoms with Crippen molar-refractivity contribution in [2.75, 3.05) is 0 Å². The van der Waals surface area contributed by atoms with Crippen LogP contribution >= 0.6 is 7.26 Å². The molecule has 0 aromatic heterocycles. The number of hydrogen-bond donors (Lipinski definition) is 1. The molecule has 6 heteroatoms. The van der Waals surface area contributed by atoms with Gasteiger partial charge in [-0.3, -0.25) is 0 Å². The van der Waals surface area contributed by atoms with Crippen molar-refractivity contribution >= 4 is 33.0 Å². The molecule has 0 aliphatic carbocycles. The number of phenols is 1. The standard InChI is InChI=1S/C46H39O4PS/c1-46(2,36-23-26-38(47)27-24-36)37-25-32-45(50-39-28-30-44(31-29-39)52(48,49)43-21-13-6-14-22-43)35(33-37)34-51(40-15-7-3-8-16-40,41-17-9-4-10-18-41)42-19-11-5-12-20-42/h3-33H,34H2,1-2H3/p+1. The minimum atomic E-state index is -3.67. The van der Waals surface area contributed by atoms with Gasteiger partial charge in [-0.05, 0) is 108 Å². The van der Waals surface area contributed by atoms with E-state index in [4.69, 9.17) is 4.74 Å². The van der Waals surface area contributed by atoms with E-state index >= 15 is 0 Å². The van der Waals surface area contributed by atoms with Crippen molar-refractivity contribution in [2.24, 2.45) is 0 Å². The number of benzene rings is 7. The Labute approximate surface area is 307 Å². The maximum atomic E-state index is 13.3. The maximum absolute atomic E-state index is 13.3. The van der Waals surface area contributed by atoms with Gasteiger partial charge in [0.15, 0.2) is 0 Å². The largest absolute Gasteiger partial charge is 0.508 e. The Balaban J connectivity index is 1.38. The highest BCUT2D eigenvalue weighted by Crippen LogP contribution is 2.59. The van der Waals surface area contributed by atoms with Crippen molar-refractivity contribution in [1.29, 1.82) is 0 Å². The van der Waals surface area contributed by atoms with Crippen LogP contribution in [0.2, 0.25) is 0 Å². The molecule has 0 aliphatic rings. The van der Waals surface area contributed by atoms with Crippen LogP contribution in [0.4, 0.5) is 0 Å². The lowest BCUT2D eigenvalue weighted by Crippen LogP contribution is -2.32. The Morgan fingerprint density at radius 3 is 1.48 bits per heavy atom. The zero-order valence-electron chi connectivity index (χ0n) is 29.1. The second-order valence-electron chi connectivity index (χ2n) is 13.4. The fraction of sp³-hybridized carbons (Fsp3) is 0.0870. The molecule has 0 heterocycles. The number of sulfone groups is 1. The molecule has 0 amide bonds. The Kier molecular flexibility index (Phi) is 9.83. The van der Waals surface area contributed by atoms with Gasteiger partial charge in [0.2, 0.25) is 9.84 Å². The second-order valence-corrected chi connectivity index (χ2v) is 18.8. The van der Waals surface area contributed by atoms with E-state index in [1.165, 1.54) is 15.9 Å². The first-order valence-corrected chi connectivity index (χ1v) is 20.7. The molecule has 7 rings (SSSR count). The van der Waals surface area contributed by atoms with Gasteiger partial charge in [0.1, 0.15) is 46.6 Å². The summed E-state index contributed by atoms with van der Waals surface area (Å²) in [6.07, 6.45) is 0.681. The second kappa shape index (κ2) is 14.6. The molecule has 1 N–H and O–H groups in total. The average molecular weight is 720 g/mol. The third-order valence-electron chi connectivity index (χ3n) is 9.78. The van der Waals surface area contributed by atoms with Crippen molar-refractivity contribution in [3.05, 3.63) is 205 Å². The van der Waals surface area contributed by atoms with E-state index in [1.54, 1.807) is 66.7 Å². The van der Waals surface area contributed by atoms with E-state index < -0.39 is 17.1 Å². The molecule has 4 nitrogen and oxygen atoms in total. The van der Waals surface area contributed by atoms with Gasteiger partial charge in [-0.2, -0.15) is 0 Å². The fourth-order valence-electron chi connectivity index (χ4n) is 6.81. The van der Waals surface area contributed by atoms with Crippen molar-refractivity contribution in [3.63, 3.8) is 0 Å². The number of hydrogen-bond acceptors (Lipinski definition) is 4. The fourth-order valence-corrected chi connectivity index (χ4v) is 12.3. The molecule has 0 atom stereocenters. The summed E-state index contributed by atoms with van der Waals surface area (Å²) in [5.74, 6) is 1.48. The van der Waals surface area contributed by atoms with Crippen LogP contribution in [-0.2, 0) is 21.4 Å². The van der Waals surface area contributed by atoms with Gasteiger partial charge in [-0.15, -0.1) is 0 Å². The molecule has 0 unspecified atom stereocenters. The van der Waals surface area contributed by atoms with Crippen LogP contribution in [0.1, 0.15) is 30.5 Å². The van der Waals surface area contributed by atoms with Gasteiger partial charge in [-0.1, -0.05) is 105 Å². The van der Waals surface area contributed by atoms with E-state index in [0.29, 0.717) is 17.7 Å². The van der Waals surface area contributed by atoms with Gasteiger partial charge in [0.05, 0.1) is 9.79 Å². The SMILES string of the molecule is CC(C)(c1ccc(O)cc1)c1ccc(Oc2ccc(S(=O)(=O)c3ccccc3)cc2)c(C[P+](c2ccccc2)(c2ccccc2)c2ccccc2)c1. The van der Waals surface area contributed by atoms with E-state index in [0.717, 1.165) is 16.7 Å². The lowest BCUT2D eigenvalue weighted by atomic mass is 9.77. The Morgan fingerprint density at radius 2 is 0.981 bits per heavy atom. The number of rotatable bonds is 11. The van der Waals surface area contributed by atoms with Crippen LogP contribution in [0.5, 0.6) is 17.2 Å². The van der Waals surface area contributed by atoms with Crippen LogP contribution < -0.4 is 20.7 Å². The summed E-state index contributed by atoms with van der Waals surface area (Å²) >= 11 is 0. The smallest absolute Gasteiger partial charge is 0.206 e. The number of aromatic hydroxyl groups is 1. The molecule has 0 spiro atoms. The lowest BCUT2D eigenvalue weighted by Gasteiger charge is -2.30. The van der Waals surface area contributed by atoms with Crippen molar-refractivity contribution in [2.45, 2.75) is 35.2 Å². The maximum Gasteiger partial charge on any atom is 0.206 e. The molecule has 0 saturated carbocycles. The molecule has 0 bridgehead atoms. The minimum Gasteiger partial charge on any atom is -0.508 e. The molecule has 0 fully saturated rings. The first kappa shape index (κ1) is 34.9. The zero-order valence-corrected chi connectivity index (χ0v) is 30.8. The minimum absolute atomic E-state index is 0.208. The van der Waals surface area contributed by atoms with Gasteiger partial charge in [-0.25, -0.2) is 8.42 Å². The predicted octanol–water partition coefficient (Wildman–Crippen LogP) is 9.84.